The topological polar surface area (TPSA) is 101 Å². The number of benzene rings is 1. The maximum absolute atomic E-state index is 13.2. The molecule has 0 spiro atoms. The summed E-state index contributed by atoms with van der Waals surface area (Å²) in [5.74, 6) is -2.75. The summed E-state index contributed by atoms with van der Waals surface area (Å²) in [4.78, 5) is 53.6. The lowest BCUT2D eigenvalue weighted by Gasteiger charge is -2.42. The number of ether oxygens (including phenoxy) is 1. The number of Topliss-reactive ketones (excluding diaryl/α,β-unsaturated/α-hetero) is 1. The minimum absolute atomic E-state index is 0.0623. The number of rotatable bonds is 3. The first-order valence-corrected chi connectivity index (χ1v) is 11.7. The Hall–Kier alpha value is -3.00. The quantitative estimate of drug-likeness (QED) is 0.380. The number of halogens is 1. The molecular formula is C25H22BrNO6. The van der Waals surface area contributed by atoms with E-state index in [-0.39, 0.29) is 40.0 Å². The van der Waals surface area contributed by atoms with Gasteiger partial charge in [-0.3, -0.25) is 24.1 Å². The van der Waals surface area contributed by atoms with Crippen molar-refractivity contribution in [3.05, 3.63) is 57.1 Å². The Balaban J connectivity index is 1.71. The van der Waals surface area contributed by atoms with E-state index in [9.17, 15) is 24.3 Å². The zero-order valence-electron chi connectivity index (χ0n) is 18.1. The van der Waals surface area contributed by atoms with Crippen LogP contribution in [0.15, 0.2) is 51.6 Å². The van der Waals surface area contributed by atoms with Gasteiger partial charge in [-0.05, 0) is 47.7 Å². The van der Waals surface area contributed by atoms with Crippen molar-refractivity contribution < 1.29 is 29.0 Å². The summed E-state index contributed by atoms with van der Waals surface area (Å²) in [6.07, 6.45) is 3.79. The number of hydrogen-bond donors (Lipinski definition) is 1. The molecule has 0 saturated carbocycles. The summed E-state index contributed by atoms with van der Waals surface area (Å²) in [6.45, 7) is 2.07. The number of phenols is 1. The van der Waals surface area contributed by atoms with Gasteiger partial charge in [0.1, 0.15) is 11.5 Å². The van der Waals surface area contributed by atoms with Crippen LogP contribution in [0.5, 0.6) is 11.5 Å². The molecule has 0 unspecified atom stereocenters. The summed E-state index contributed by atoms with van der Waals surface area (Å²) in [7, 11) is 1.49. The number of carbonyl (C=O) groups is 4. The Bertz CT molecular complexity index is 1230. The molecular weight excluding hydrogens is 490 g/mol. The maximum atomic E-state index is 13.2. The normalized spacial score (nSPS) is 28.9. The third-order valence-corrected chi connectivity index (χ3v) is 7.88. The highest BCUT2D eigenvalue weighted by molar-refractivity contribution is 9.12. The molecule has 33 heavy (non-hydrogen) atoms. The summed E-state index contributed by atoms with van der Waals surface area (Å²) in [5, 5.41) is 10.8. The van der Waals surface area contributed by atoms with Gasteiger partial charge in [0.2, 0.25) is 11.8 Å². The first-order valence-electron chi connectivity index (χ1n) is 10.9. The van der Waals surface area contributed by atoms with Gasteiger partial charge in [0, 0.05) is 41.3 Å². The van der Waals surface area contributed by atoms with Crippen molar-refractivity contribution in [3.63, 3.8) is 0 Å². The van der Waals surface area contributed by atoms with E-state index in [1.807, 2.05) is 6.08 Å². The standard InChI is InChI=1S/C25H22BrNO6/c1-3-27-24(31)14-7-6-12-15(21(14)25(27)32)9-16-22(19(29)10-17(26)23(16)30)20(12)13-5-4-11(33-2)8-18(13)28/h4-6,8,10,14-15,20-21,28H,3,7,9H2,1-2H3/t14-,15+,20+,21-/m0/s1. The van der Waals surface area contributed by atoms with Crippen LogP contribution in [0.4, 0.5) is 0 Å². The van der Waals surface area contributed by atoms with Crippen LogP contribution >= 0.6 is 15.9 Å². The third kappa shape index (κ3) is 3.07. The van der Waals surface area contributed by atoms with E-state index in [1.165, 1.54) is 24.2 Å². The number of allylic oxidation sites excluding steroid dienone is 6. The summed E-state index contributed by atoms with van der Waals surface area (Å²) in [6, 6.07) is 4.84. The first kappa shape index (κ1) is 21.8. The number of phenolic OH excluding ortho intramolecular Hbond substituents is 1. The smallest absolute Gasteiger partial charge is 0.233 e. The summed E-state index contributed by atoms with van der Waals surface area (Å²) in [5.41, 5.74) is 1.94. The number of likely N-dealkylation sites (tertiary alicyclic amines) is 1. The van der Waals surface area contributed by atoms with Crippen molar-refractivity contribution in [1.29, 1.82) is 0 Å². The van der Waals surface area contributed by atoms with Gasteiger partial charge in [0.05, 0.1) is 23.4 Å². The van der Waals surface area contributed by atoms with Gasteiger partial charge in [-0.15, -0.1) is 0 Å². The summed E-state index contributed by atoms with van der Waals surface area (Å²) >= 11 is 3.20. The second-order valence-electron chi connectivity index (χ2n) is 8.74. The van der Waals surface area contributed by atoms with E-state index in [0.29, 0.717) is 35.4 Å². The van der Waals surface area contributed by atoms with E-state index in [4.69, 9.17) is 4.74 Å². The SMILES string of the molecule is CCN1C(=O)[C@H]2[C@H](CC=C3[C@H](c4ccc(OC)cc4O)C4=C(C[C@H]32)C(=O)C(Br)=CC4=O)C1=O. The minimum atomic E-state index is -0.683. The molecule has 3 aliphatic carbocycles. The van der Waals surface area contributed by atoms with Crippen LogP contribution < -0.4 is 4.74 Å². The van der Waals surface area contributed by atoms with Crippen LogP contribution in [0.1, 0.15) is 31.2 Å². The molecule has 1 fully saturated rings. The molecule has 1 aromatic carbocycles. The fourth-order valence-corrected chi connectivity index (χ4v) is 6.28. The van der Waals surface area contributed by atoms with Gasteiger partial charge in [-0.25, -0.2) is 0 Å². The van der Waals surface area contributed by atoms with E-state index in [0.717, 1.165) is 5.57 Å². The maximum Gasteiger partial charge on any atom is 0.233 e. The largest absolute Gasteiger partial charge is 0.507 e. The van der Waals surface area contributed by atoms with Crippen molar-refractivity contribution in [2.75, 3.05) is 13.7 Å². The average molecular weight is 512 g/mol. The Morgan fingerprint density at radius 1 is 1.15 bits per heavy atom. The molecule has 1 N–H and O–H groups in total. The molecule has 4 aliphatic rings. The fraction of sp³-hybridized carbons (Fsp3) is 0.360. The number of imide groups is 1. The number of fused-ring (bicyclic) bond motifs is 3. The molecule has 5 rings (SSSR count). The van der Waals surface area contributed by atoms with Gasteiger partial charge in [0.15, 0.2) is 11.6 Å². The Kier molecular flexibility index (Phi) is 5.16. The number of aromatic hydroxyl groups is 1. The number of methoxy groups -OCH3 is 1. The molecule has 1 aromatic rings. The van der Waals surface area contributed by atoms with Gasteiger partial charge < -0.3 is 9.84 Å². The Morgan fingerprint density at radius 3 is 2.58 bits per heavy atom. The van der Waals surface area contributed by atoms with Crippen molar-refractivity contribution in [2.45, 2.75) is 25.7 Å². The average Bonchev–Trinajstić information content (AvgIpc) is 3.05. The lowest BCUT2D eigenvalue weighted by Crippen LogP contribution is -2.39. The summed E-state index contributed by atoms with van der Waals surface area (Å²) < 4.78 is 5.37. The van der Waals surface area contributed by atoms with Crippen LogP contribution in [0.3, 0.4) is 0 Å². The number of amides is 2. The molecule has 170 valence electrons. The number of nitrogens with zero attached hydrogens (tertiary/aromatic N) is 1. The highest BCUT2D eigenvalue weighted by Crippen LogP contribution is 2.56. The lowest BCUT2D eigenvalue weighted by molar-refractivity contribution is -0.139. The van der Waals surface area contributed by atoms with Crippen LogP contribution in [-0.2, 0) is 19.2 Å². The van der Waals surface area contributed by atoms with E-state index >= 15 is 0 Å². The molecule has 7 nitrogen and oxygen atoms in total. The fourth-order valence-electron chi connectivity index (χ4n) is 5.83. The molecule has 0 aromatic heterocycles. The van der Waals surface area contributed by atoms with Crippen LogP contribution in [0, 0.1) is 17.8 Å². The van der Waals surface area contributed by atoms with Gasteiger partial charge in [-0.1, -0.05) is 17.7 Å². The third-order valence-electron chi connectivity index (χ3n) is 7.29. The predicted octanol–water partition coefficient (Wildman–Crippen LogP) is 3.18. The van der Waals surface area contributed by atoms with Crippen molar-refractivity contribution in [2.24, 2.45) is 17.8 Å². The van der Waals surface area contributed by atoms with E-state index in [2.05, 4.69) is 15.9 Å². The molecule has 4 atom stereocenters. The molecule has 0 bridgehead atoms. The number of hydrogen-bond acceptors (Lipinski definition) is 6. The highest BCUT2D eigenvalue weighted by Gasteiger charge is 2.56. The van der Waals surface area contributed by atoms with Crippen molar-refractivity contribution in [3.8, 4) is 11.5 Å². The zero-order chi connectivity index (χ0) is 23.6. The minimum Gasteiger partial charge on any atom is -0.507 e. The highest BCUT2D eigenvalue weighted by atomic mass is 79.9. The monoisotopic (exact) mass is 511 g/mol. The van der Waals surface area contributed by atoms with Gasteiger partial charge >= 0.3 is 0 Å². The van der Waals surface area contributed by atoms with Crippen LogP contribution in [-0.4, -0.2) is 47.0 Å². The zero-order valence-corrected chi connectivity index (χ0v) is 19.7. The Labute approximate surface area is 198 Å². The number of carbonyl (C=O) groups excluding carboxylic acids is 4. The molecule has 1 heterocycles. The molecule has 2 amide bonds. The molecule has 1 saturated heterocycles. The molecule has 8 heteroatoms. The number of ketones is 2. The van der Waals surface area contributed by atoms with E-state index < -0.39 is 23.7 Å². The Morgan fingerprint density at radius 2 is 1.91 bits per heavy atom. The van der Waals surface area contributed by atoms with E-state index in [1.54, 1.807) is 19.1 Å². The van der Waals surface area contributed by atoms with Crippen LogP contribution in [0.2, 0.25) is 0 Å². The lowest BCUT2D eigenvalue weighted by atomic mass is 9.59. The van der Waals surface area contributed by atoms with Crippen LogP contribution in [0.25, 0.3) is 0 Å². The van der Waals surface area contributed by atoms with Crippen molar-refractivity contribution >= 4 is 39.3 Å². The second kappa shape index (κ2) is 7.80. The first-order chi connectivity index (χ1) is 15.8. The molecule has 1 aliphatic heterocycles. The second-order valence-corrected chi connectivity index (χ2v) is 9.59. The van der Waals surface area contributed by atoms with Gasteiger partial charge in [0.25, 0.3) is 0 Å². The predicted molar refractivity (Wildman–Crippen MR) is 122 cm³/mol. The van der Waals surface area contributed by atoms with Crippen molar-refractivity contribution in [1.82, 2.24) is 4.90 Å². The van der Waals surface area contributed by atoms with Gasteiger partial charge in [-0.2, -0.15) is 0 Å². The molecule has 0 radical (unpaired) electrons.